The summed E-state index contributed by atoms with van der Waals surface area (Å²) in [6, 6.07) is 16.3. The first-order valence-corrected chi connectivity index (χ1v) is 7.98. The maximum absolute atomic E-state index is 12.5. The van der Waals surface area contributed by atoms with Crippen molar-refractivity contribution in [3.05, 3.63) is 71.1 Å². The van der Waals surface area contributed by atoms with Crippen molar-refractivity contribution >= 4 is 17.5 Å². The van der Waals surface area contributed by atoms with E-state index in [0.717, 1.165) is 5.56 Å². The van der Waals surface area contributed by atoms with Gasteiger partial charge in [0.15, 0.2) is 0 Å². The van der Waals surface area contributed by atoms with Crippen molar-refractivity contribution in [1.82, 2.24) is 15.0 Å². The summed E-state index contributed by atoms with van der Waals surface area (Å²) >= 11 is 5.88. The van der Waals surface area contributed by atoms with Crippen molar-refractivity contribution in [2.75, 3.05) is 6.54 Å². The van der Waals surface area contributed by atoms with Gasteiger partial charge in [-0.2, -0.15) is 4.98 Å². The summed E-state index contributed by atoms with van der Waals surface area (Å²) in [6.45, 7) is 2.73. The minimum atomic E-state index is -0.0654. The summed E-state index contributed by atoms with van der Waals surface area (Å²) in [5.74, 6) is 0.806. The Morgan fingerprint density at radius 2 is 1.83 bits per heavy atom. The van der Waals surface area contributed by atoms with E-state index in [4.69, 9.17) is 16.1 Å². The molecule has 5 nitrogen and oxygen atoms in total. The predicted octanol–water partition coefficient (Wildman–Crippen LogP) is 4.05. The second kappa shape index (κ2) is 7.27. The van der Waals surface area contributed by atoms with Crippen LogP contribution in [0, 0.1) is 0 Å². The molecule has 0 aliphatic rings. The van der Waals surface area contributed by atoms with Crippen molar-refractivity contribution in [2.24, 2.45) is 0 Å². The molecule has 1 aromatic heterocycles. The molecular weight excluding hydrogens is 326 g/mol. The van der Waals surface area contributed by atoms with E-state index < -0.39 is 0 Å². The molecule has 0 unspecified atom stereocenters. The fourth-order valence-electron chi connectivity index (χ4n) is 2.29. The fraction of sp³-hybridized carbons (Fsp3) is 0.167. The van der Waals surface area contributed by atoms with E-state index in [0.29, 0.717) is 28.8 Å². The van der Waals surface area contributed by atoms with Crippen LogP contribution in [0.15, 0.2) is 59.1 Å². The number of aromatic nitrogens is 2. The van der Waals surface area contributed by atoms with Crippen molar-refractivity contribution in [1.29, 1.82) is 0 Å². The molecular formula is C18H16ClN3O2. The van der Waals surface area contributed by atoms with E-state index in [1.54, 1.807) is 29.2 Å². The van der Waals surface area contributed by atoms with Crippen LogP contribution in [-0.2, 0) is 6.54 Å². The average molecular weight is 342 g/mol. The number of hydrogen-bond donors (Lipinski definition) is 0. The molecule has 0 saturated carbocycles. The van der Waals surface area contributed by atoms with E-state index in [9.17, 15) is 4.79 Å². The Balaban J connectivity index is 1.75. The van der Waals surface area contributed by atoms with Crippen LogP contribution in [0.1, 0.15) is 23.2 Å². The molecule has 0 saturated heterocycles. The third-order valence-electron chi connectivity index (χ3n) is 3.59. The zero-order valence-corrected chi connectivity index (χ0v) is 13.9. The highest BCUT2D eigenvalue weighted by molar-refractivity contribution is 6.30. The molecule has 3 aromatic rings. The number of carbonyl (C=O) groups excluding carboxylic acids is 1. The third-order valence-corrected chi connectivity index (χ3v) is 3.84. The maximum Gasteiger partial charge on any atom is 0.254 e. The van der Waals surface area contributed by atoms with Crippen LogP contribution >= 0.6 is 11.6 Å². The largest absolute Gasteiger partial charge is 0.337 e. The van der Waals surface area contributed by atoms with E-state index in [-0.39, 0.29) is 12.5 Å². The molecule has 24 heavy (non-hydrogen) atoms. The molecule has 0 spiro atoms. The molecule has 0 radical (unpaired) electrons. The topological polar surface area (TPSA) is 59.2 Å². The first kappa shape index (κ1) is 16.2. The van der Waals surface area contributed by atoms with Gasteiger partial charge in [-0.25, -0.2) is 0 Å². The van der Waals surface area contributed by atoms with Crippen LogP contribution in [0.4, 0.5) is 0 Å². The highest BCUT2D eigenvalue weighted by Crippen LogP contribution is 2.19. The maximum atomic E-state index is 12.5. The van der Waals surface area contributed by atoms with Gasteiger partial charge in [0, 0.05) is 22.7 Å². The van der Waals surface area contributed by atoms with Crippen LogP contribution in [0.25, 0.3) is 11.4 Å². The fourth-order valence-corrected chi connectivity index (χ4v) is 2.42. The molecule has 0 aliphatic carbocycles. The van der Waals surface area contributed by atoms with Gasteiger partial charge < -0.3 is 9.42 Å². The van der Waals surface area contributed by atoms with Gasteiger partial charge >= 0.3 is 0 Å². The number of benzene rings is 2. The quantitative estimate of drug-likeness (QED) is 0.702. The van der Waals surface area contributed by atoms with Crippen molar-refractivity contribution in [3.63, 3.8) is 0 Å². The first-order valence-electron chi connectivity index (χ1n) is 7.60. The van der Waals surface area contributed by atoms with Crippen LogP contribution in [0.3, 0.4) is 0 Å². The monoisotopic (exact) mass is 341 g/mol. The molecule has 122 valence electrons. The van der Waals surface area contributed by atoms with Gasteiger partial charge in [0.05, 0.1) is 0 Å². The minimum Gasteiger partial charge on any atom is -0.337 e. The summed E-state index contributed by atoms with van der Waals surface area (Å²) in [4.78, 5) is 18.5. The highest BCUT2D eigenvalue weighted by Gasteiger charge is 2.18. The summed E-state index contributed by atoms with van der Waals surface area (Å²) in [6.07, 6.45) is 0. The van der Waals surface area contributed by atoms with Crippen molar-refractivity contribution in [2.45, 2.75) is 13.5 Å². The zero-order chi connectivity index (χ0) is 16.9. The molecule has 3 rings (SSSR count). The number of halogens is 1. The average Bonchev–Trinajstić information content (AvgIpc) is 3.09. The van der Waals surface area contributed by atoms with Crippen LogP contribution in [-0.4, -0.2) is 27.5 Å². The Morgan fingerprint density at radius 1 is 1.12 bits per heavy atom. The second-order valence-corrected chi connectivity index (χ2v) is 5.64. The molecule has 0 N–H and O–H groups in total. The molecule has 1 heterocycles. The van der Waals surface area contributed by atoms with Crippen LogP contribution in [0.5, 0.6) is 0 Å². The van der Waals surface area contributed by atoms with E-state index >= 15 is 0 Å². The SMILES string of the molecule is CCN(Cc1nc(-c2ccc(Cl)cc2)no1)C(=O)c1ccccc1. The summed E-state index contributed by atoms with van der Waals surface area (Å²) in [5, 5.41) is 4.61. The Kier molecular flexibility index (Phi) is 4.91. The summed E-state index contributed by atoms with van der Waals surface area (Å²) in [5.41, 5.74) is 1.45. The van der Waals surface area contributed by atoms with Gasteiger partial charge in [0.1, 0.15) is 6.54 Å². The number of nitrogens with zero attached hydrogens (tertiary/aromatic N) is 3. The minimum absolute atomic E-state index is 0.0654. The standard InChI is InChI=1S/C18H16ClN3O2/c1-2-22(18(23)14-6-4-3-5-7-14)12-16-20-17(21-24-16)13-8-10-15(19)11-9-13/h3-11H,2,12H2,1H3. The Hall–Kier alpha value is -2.66. The molecule has 6 heteroatoms. The van der Waals surface area contributed by atoms with Gasteiger partial charge in [-0.3, -0.25) is 4.79 Å². The molecule has 0 atom stereocenters. The number of rotatable bonds is 5. The smallest absolute Gasteiger partial charge is 0.254 e. The third kappa shape index (κ3) is 3.63. The number of amides is 1. The van der Waals surface area contributed by atoms with Gasteiger partial charge in [0.2, 0.25) is 11.7 Å². The van der Waals surface area contributed by atoms with Gasteiger partial charge in [-0.15, -0.1) is 0 Å². The number of hydrogen-bond acceptors (Lipinski definition) is 4. The second-order valence-electron chi connectivity index (χ2n) is 5.20. The normalized spacial score (nSPS) is 10.6. The van der Waals surface area contributed by atoms with E-state index in [1.807, 2.05) is 37.3 Å². The van der Waals surface area contributed by atoms with E-state index in [2.05, 4.69) is 10.1 Å². The Labute approximate surface area is 144 Å². The lowest BCUT2D eigenvalue weighted by Gasteiger charge is -2.18. The van der Waals surface area contributed by atoms with Gasteiger partial charge in [-0.05, 0) is 43.3 Å². The van der Waals surface area contributed by atoms with Crippen LogP contribution in [0.2, 0.25) is 5.02 Å². The predicted molar refractivity (Wildman–Crippen MR) is 91.6 cm³/mol. The van der Waals surface area contributed by atoms with Gasteiger partial charge in [0.25, 0.3) is 5.91 Å². The number of carbonyl (C=O) groups is 1. The first-order chi connectivity index (χ1) is 11.7. The zero-order valence-electron chi connectivity index (χ0n) is 13.1. The Bertz CT molecular complexity index is 816. The van der Waals surface area contributed by atoms with Gasteiger partial charge in [-0.1, -0.05) is 35.0 Å². The molecule has 1 amide bonds. The highest BCUT2D eigenvalue weighted by atomic mass is 35.5. The van der Waals surface area contributed by atoms with Crippen LogP contribution < -0.4 is 0 Å². The Morgan fingerprint density at radius 3 is 2.50 bits per heavy atom. The molecule has 0 aliphatic heterocycles. The van der Waals surface area contributed by atoms with Crippen molar-refractivity contribution < 1.29 is 9.32 Å². The lowest BCUT2D eigenvalue weighted by atomic mass is 10.2. The lowest BCUT2D eigenvalue weighted by molar-refractivity contribution is 0.0734. The lowest BCUT2D eigenvalue weighted by Crippen LogP contribution is -2.30. The van der Waals surface area contributed by atoms with E-state index in [1.165, 1.54) is 0 Å². The molecule has 0 fully saturated rings. The summed E-state index contributed by atoms with van der Waals surface area (Å²) in [7, 11) is 0. The van der Waals surface area contributed by atoms with Crippen molar-refractivity contribution in [3.8, 4) is 11.4 Å². The molecule has 2 aromatic carbocycles. The molecule has 0 bridgehead atoms. The summed E-state index contributed by atoms with van der Waals surface area (Å²) < 4.78 is 5.28.